The van der Waals surface area contributed by atoms with Gasteiger partial charge in [-0.25, -0.2) is 4.79 Å². The first-order valence-electron chi connectivity index (χ1n) is 7.53. The van der Waals surface area contributed by atoms with Crippen molar-refractivity contribution in [2.45, 2.75) is 45.4 Å². The van der Waals surface area contributed by atoms with Crippen LogP contribution in [0.3, 0.4) is 0 Å². The standard InChI is InChI=1S/C16H21NO4/c1-3-6-17-13-5-4-11(8-14(13)21-16(17)19)15(18)12-7-10(2)20-9-12/h4-5,8,10,12,15,18H,3,6-7,9H2,1-2H3. The summed E-state index contributed by atoms with van der Waals surface area (Å²) in [5, 5.41) is 10.5. The monoisotopic (exact) mass is 291 g/mol. The molecule has 114 valence electrons. The Bertz CT molecular complexity index is 687. The number of nitrogens with zero attached hydrogens (tertiary/aromatic N) is 1. The maximum absolute atomic E-state index is 11.8. The Hall–Kier alpha value is -1.59. The average Bonchev–Trinajstić information content (AvgIpc) is 3.02. The van der Waals surface area contributed by atoms with Gasteiger partial charge in [0.15, 0.2) is 5.58 Å². The number of oxazole rings is 1. The van der Waals surface area contributed by atoms with Crippen LogP contribution in [0, 0.1) is 5.92 Å². The van der Waals surface area contributed by atoms with Gasteiger partial charge in [-0.2, -0.15) is 0 Å². The number of rotatable bonds is 4. The molecule has 0 saturated carbocycles. The fourth-order valence-corrected chi connectivity index (χ4v) is 3.04. The SMILES string of the molecule is CCCn1c(=O)oc2cc(C(O)C3COC(C)C3)ccc21. The van der Waals surface area contributed by atoms with Crippen LogP contribution < -0.4 is 5.76 Å². The minimum absolute atomic E-state index is 0.0990. The van der Waals surface area contributed by atoms with Crippen molar-refractivity contribution in [2.75, 3.05) is 6.61 Å². The summed E-state index contributed by atoms with van der Waals surface area (Å²) in [5.74, 6) is -0.238. The van der Waals surface area contributed by atoms with E-state index < -0.39 is 6.10 Å². The molecule has 1 aliphatic rings. The van der Waals surface area contributed by atoms with E-state index in [0.29, 0.717) is 18.7 Å². The first-order chi connectivity index (χ1) is 10.1. The molecule has 3 rings (SSSR count). The zero-order chi connectivity index (χ0) is 15.0. The number of hydrogen-bond acceptors (Lipinski definition) is 4. The Morgan fingerprint density at radius 1 is 1.48 bits per heavy atom. The molecular formula is C16H21NO4. The van der Waals surface area contributed by atoms with Gasteiger partial charge in [0, 0.05) is 12.5 Å². The molecule has 5 heteroatoms. The number of aliphatic hydroxyl groups excluding tert-OH is 1. The van der Waals surface area contributed by atoms with Gasteiger partial charge in [0.1, 0.15) is 0 Å². The van der Waals surface area contributed by atoms with E-state index in [1.54, 1.807) is 10.6 Å². The van der Waals surface area contributed by atoms with Crippen LogP contribution >= 0.6 is 0 Å². The highest BCUT2D eigenvalue weighted by Crippen LogP contribution is 2.32. The van der Waals surface area contributed by atoms with Crippen LogP contribution in [0.2, 0.25) is 0 Å². The van der Waals surface area contributed by atoms with Crippen LogP contribution in [-0.2, 0) is 11.3 Å². The van der Waals surface area contributed by atoms with Gasteiger partial charge in [-0.15, -0.1) is 0 Å². The Morgan fingerprint density at radius 2 is 2.29 bits per heavy atom. The third-order valence-electron chi connectivity index (χ3n) is 4.16. The van der Waals surface area contributed by atoms with Crippen LogP contribution in [0.15, 0.2) is 27.4 Å². The number of ether oxygens (including phenoxy) is 1. The van der Waals surface area contributed by atoms with E-state index >= 15 is 0 Å². The van der Waals surface area contributed by atoms with Crippen LogP contribution in [0.5, 0.6) is 0 Å². The molecule has 0 amide bonds. The summed E-state index contributed by atoms with van der Waals surface area (Å²) in [6.07, 6.45) is 1.33. The highest BCUT2D eigenvalue weighted by atomic mass is 16.5. The van der Waals surface area contributed by atoms with Gasteiger partial charge in [-0.1, -0.05) is 13.0 Å². The molecule has 1 aromatic carbocycles. The molecule has 1 saturated heterocycles. The van der Waals surface area contributed by atoms with Crippen molar-refractivity contribution in [1.82, 2.24) is 4.57 Å². The van der Waals surface area contributed by atoms with Gasteiger partial charge >= 0.3 is 5.76 Å². The van der Waals surface area contributed by atoms with Crippen molar-refractivity contribution in [3.05, 3.63) is 34.3 Å². The Morgan fingerprint density at radius 3 is 2.95 bits per heavy atom. The summed E-state index contributed by atoms with van der Waals surface area (Å²) < 4.78 is 12.4. The number of aliphatic hydroxyl groups is 1. The Labute approximate surface area is 123 Å². The highest BCUT2D eigenvalue weighted by Gasteiger charge is 2.29. The van der Waals surface area contributed by atoms with Crippen molar-refractivity contribution in [3.8, 4) is 0 Å². The fourth-order valence-electron chi connectivity index (χ4n) is 3.04. The minimum atomic E-state index is -0.584. The number of hydrogen-bond donors (Lipinski definition) is 1. The van der Waals surface area contributed by atoms with Gasteiger partial charge in [0.25, 0.3) is 0 Å². The molecule has 1 N–H and O–H groups in total. The van der Waals surface area contributed by atoms with Gasteiger partial charge in [0.2, 0.25) is 0 Å². The topological polar surface area (TPSA) is 64.6 Å². The molecule has 0 bridgehead atoms. The first kappa shape index (κ1) is 14.4. The van der Waals surface area contributed by atoms with Crippen molar-refractivity contribution < 1.29 is 14.3 Å². The van der Waals surface area contributed by atoms with Crippen LogP contribution in [0.1, 0.15) is 38.4 Å². The van der Waals surface area contributed by atoms with E-state index in [4.69, 9.17) is 9.15 Å². The molecule has 0 radical (unpaired) electrons. The van der Waals surface area contributed by atoms with E-state index in [2.05, 4.69) is 0 Å². The zero-order valence-electron chi connectivity index (χ0n) is 12.4. The molecule has 1 aromatic heterocycles. The summed E-state index contributed by atoms with van der Waals surface area (Å²) in [7, 11) is 0. The third kappa shape index (κ3) is 2.63. The summed E-state index contributed by atoms with van der Waals surface area (Å²) >= 11 is 0. The predicted octanol–water partition coefficient (Wildman–Crippen LogP) is 2.46. The third-order valence-corrected chi connectivity index (χ3v) is 4.16. The van der Waals surface area contributed by atoms with E-state index in [-0.39, 0.29) is 17.8 Å². The molecule has 3 unspecified atom stereocenters. The highest BCUT2D eigenvalue weighted by molar-refractivity contribution is 5.73. The second-order valence-corrected chi connectivity index (χ2v) is 5.83. The molecule has 1 fully saturated rings. The maximum atomic E-state index is 11.8. The summed E-state index contributed by atoms with van der Waals surface area (Å²) in [6, 6.07) is 5.50. The second-order valence-electron chi connectivity index (χ2n) is 5.83. The quantitative estimate of drug-likeness (QED) is 0.940. The lowest BCUT2D eigenvalue weighted by molar-refractivity contribution is 0.0804. The van der Waals surface area contributed by atoms with Gasteiger partial charge in [0.05, 0.1) is 24.3 Å². The lowest BCUT2D eigenvalue weighted by Crippen LogP contribution is -2.13. The molecule has 2 aromatic rings. The predicted molar refractivity (Wildman–Crippen MR) is 79.2 cm³/mol. The van der Waals surface area contributed by atoms with Crippen molar-refractivity contribution in [3.63, 3.8) is 0 Å². The second kappa shape index (κ2) is 5.66. The normalized spacial score (nSPS) is 23.8. The molecule has 21 heavy (non-hydrogen) atoms. The molecule has 0 aliphatic carbocycles. The molecule has 5 nitrogen and oxygen atoms in total. The van der Waals surface area contributed by atoms with Crippen molar-refractivity contribution >= 4 is 11.1 Å². The molecule has 2 heterocycles. The smallest absolute Gasteiger partial charge is 0.408 e. The average molecular weight is 291 g/mol. The molecular weight excluding hydrogens is 270 g/mol. The van der Waals surface area contributed by atoms with Crippen LogP contribution in [0.4, 0.5) is 0 Å². The lowest BCUT2D eigenvalue weighted by Gasteiger charge is -2.16. The molecule has 0 spiro atoms. The van der Waals surface area contributed by atoms with Crippen molar-refractivity contribution in [1.29, 1.82) is 0 Å². The number of aromatic nitrogens is 1. The van der Waals surface area contributed by atoms with Gasteiger partial charge in [-0.3, -0.25) is 4.57 Å². The number of benzene rings is 1. The largest absolute Gasteiger partial charge is 0.419 e. The van der Waals surface area contributed by atoms with Crippen molar-refractivity contribution in [2.24, 2.45) is 5.92 Å². The Balaban J connectivity index is 1.92. The van der Waals surface area contributed by atoms with Crippen LogP contribution in [0.25, 0.3) is 11.1 Å². The Kier molecular flexibility index (Phi) is 3.87. The lowest BCUT2D eigenvalue weighted by atomic mass is 9.93. The summed E-state index contributed by atoms with van der Waals surface area (Å²) in [5.41, 5.74) is 2.11. The van der Waals surface area contributed by atoms with Gasteiger partial charge in [-0.05, 0) is 37.5 Å². The van der Waals surface area contributed by atoms with E-state index in [1.807, 2.05) is 26.0 Å². The number of fused-ring (bicyclic) bond motifs is 1. The minimum Gasteiger partial charge on any atom is -0.408 e. The van der Waals surface area contributed by atoms with E-state index in [9.17, 15) is 9.90 Å². The van der Waals surface area contributed by atoms with Crippen LogP contribution in [-0.4, -0.2) is 22.4 Å². The molecule has 3 atom stereocenters. The number of aryl methyl sites for hydroxylation is 1. The van der Waals surface area contributed by atoms with Gasteiger partial charge < -0.3 is 14.3 Å². The fraction of sp³-hybridized carbons (Fsp3) is 0.562. The summed E-state index contributed by atoms with van der Waals surface area (Å²) in [6.45, 7) is 5.24. The summed E-state index contributed by atoms with van der Waals surface area (Å²) in [4.78, 5) is 11.8. The van der Waals surface area contributed by atoms with E-state index in [1.165, 1.54) is 0 Å². The zero-order valence-corrected chi connectivity index (χ0v) is 12.4. The van der Waals surface area contributed by atoms with E-state index in [0.717, 1.165) is 23.9 Å². The first-order valence-corrected chi connectivity index (χ1v) is 7.53. The maximum Gasteiger partial charge on any atom is 0.419 e. The molecule has 1 aliphatic heterocycles.